The summed E-state index contributed by atoms with van der Waals surface area (Å²) < 4.78 is 1.70. The summed E-state index contributed by atoms with van der Waals surface area (Å²) in [6.07, 6.45) is 1.51. The van der Waals surface area contributed by atoms with Crippen LogP contribution >= 0.6 is 23.2 Å². The van der Waals surface area contributed by atoms with Crippen LogP contribution < -0.4 is 5.73 Å². The maximum atomic E-state index is 10.5. The highest BCUT2D eigenvalue weighted by molar-refractivity contribution is 6.31. The van der Waals surface area contributed by atoms with Crippen LogP contribution in [0.15, 0.2) is 24.4 Å². The fourth-order valence-electron chi connectivity index (χ4n) is 1.98. The number of nitrogen functional groups attached to an aromatic ring is 1. The van der Waals surface area contributed by atoms with Gasteiger partial charge in [-0.3, -0.25) is 4.68 Å². The second kappa shape index (κ2) is 5.82. The number of halogens is 2. The topological polar surface area (TPSA) is 64.1 Å². The Morgan fingerprint density at radius 2 is 2.16 bits per heavy atom. The largest absolute Gasteiger partial charge is 0.398 e. The van der Waals surface area contributed by atoms with E-state index in [1.165, 1.54) is 6.20 Å². The molecule has 0 fully saturated rings. The molecule has 1 atom stereocenters. The summed E-state index contributed by atoms with van der Waals surface area (Å²) in [7, 11) is 0. The third-order valence-corrected chi connectivity index (χ3v) is 3.40. The van der Waals surface area contributed by atoms with E-state index in [4.69, 9.17) is 28.9 Å². The molecule has 102 valence electrons. The standard InChI is InChI=1S/C13H15Cl2N3O/c1-2-5-18-12(10(15)7-17-18)13(19)9-4-3-8(14)6-11(9)16/h3-4,6-7,13,19H,2,5,16H2,1H3. The van der Waals surface area contributed by atoms with E-state index in [9.17, 15) is 5.11 Å². The summed E-state index contributed by atoms with van der Waals surface area (Å²) in [5.74, 6) is 0. The molecule has 0 aliphatic rings. The van der Waals surface area contributed by atoms with Gasteiger partial charge in [-0.05, 0) is 18.6 Å². The Morgan fingerprint density at radius 3 is 2.79 bits per heavy atom. The molecule has 0 radical (unpaired) electrons. The molecule has 1 aromatic carbocycles. The van der Waals surface area contributed by atoms with Crippen molar-refractivity contribution in [3.05, 3.63) is 45.7 Å². The summed E-state index contributed by atoms with van der Waals surface area (Å²) in [6.45, 7) is 2.72. The van der Waals surface area contributed by atoms with Crippen molar-refractivity contribution in [1.82, 2.24) is 9.78 Å². The number of rotatable bonds is 4. The fourth-order valence-corrected chi connectivity index (χ4v) is 2.40. The fraction of sp³-hybridized carbons (Fsp3) is 0.308. The number of aryl methyl sites for hydroxylation is 1. The Kier molecular flexibility index (Phi) is 4.34. The molecule has 0 saturated carbocycles. The molecular weight excluding hydrogens is 285 g/mol. The maximum absolute atomic E-state index is 10.5. The van der Waals surface area contributed by atoms with Crippen molar-refractivity contribution in [2.75, 3.05) is 5.73 Å². The highest BCUT2D eigenvalue weighted by Gasteiger charge is 2.21. The minimum absolute atomic E-state index is 0.426. The lowest BCUT2D eigenvalue weighted by atomic mass is 10.0. The molecule has 0 aliphatic heterocycles. The molecule has 2 aromatic rings. The minimum atomic E-state index is -0.918. The van der Waals surface area contributed by atoms with Crippen LogP contribution in [0.3, 0.4) is 0 Å². The number of nitrogens with zero attached hydrogens (tertiary/aromatic N) is 2. The van der Waals surface area contributed by atoms with Crippen molar-refractivity contribution in [3.8, 4) is 0 Å². The van der Waals surface area contributed by atoms with Crippen LogP contribution in [0.4, 0.5) is 5.69 Å². The van der Waals surface area contributed by atoms with Gasteiger partial charge in [0, 0.05) is 22.8 Å². The molecule has 0 saturated heterocycles. The van der Waals surface area contributed by atoms with Gasteiger partial charge in [0.25, 0.3) is 0 Å². The van der Waals surface area contributed by atoms with E-state index in [-0.39, 0.29) is 0 Å². The molecule has 0 aliphatic carbocycles. The van der Waals surface area contributed by atoms with Crippen LogP contribution in [0.2, 0.25) is 10.0 Å². The van der Waals surface area contributed by atoms with Gasteiger partial charge in [0.2, 0.25) is 0 Å². The summed E-state index contributed by atoms with van der Waals surface area (Å²) in [5, 5.41) is 15.6. The number of benzene rings is 1. The van der Waals surface area contributed by atoms with Gasteiger partial charge in [0.15, 0.2) is 0 Å². The van der Waals surface area contributed by atoms with Crippen molar-refractivity contribution in [2.24, 2.45) is 0 Å². The highest BCUT2D eigenvalue weighted by atomic mass is 35.5. The molecule has 1 aromatic heterocycles. The maximum Gasteiger partial charge on any atom is 0.124 e. The molecule has 6 heteroatoms. The quantitative estimate of drug-likeness (QED) is 0.852. The number of nitrogens with two attached hydrogens (primary N) is 1. The first-order chi connectivity index (χ1) is 9.04. The lowest BCUT2D eigenvalue weighted by Gasteiger charge is -2.16. The number of aromatic nitrogens is 2. The third-order valence-electron chi connectivity index (χ3n) is 2.87. The van der Waals surface area contributed by atoms with Gasteiger partial charge in [-0.1, -0.05) is 36.2 Å². The number of aliphatic hydroxyl groups excluding tert-OH is 1. The molecule has 3 N–H and O–H groups in total. The summed E-state index contributed by atoms with van der Waals surface area (Å²) in [6, 6.07) is 4.99. The Hall–Kier alpha value is -1.23. The molecule has 1 heterocycles. The Morgan fingerprint density at radius 1 is 1.42 bits per heavy atom. The van der Waals surface area contributed by atoms with E-state index in [1.54, 1.807) is 22.9 Å². The van der Waals surface area contributed by atoms with E-state index < -0.39 is 6.10 Å². The zero-order valence-electron chi connectivity index (χ0n) is 10.5. The normalized spacial score (nSPS) is 12.6. The predicted molar refractivity (Wildman–Crippen MR) is 77.5 cm³/mol. The summed E-state index contributed by atoms with van der Waals surface area (Å²) in [5.41, 5.74) is 7.44. The average Bonchev–Trinajstić information content (AvgIpc) is 2.70. The number of hydrogen-bond donors (Lipinski definition) is 2. The van der Waals surface area contributed by atoms with E-state index in [0.717, 1.165) is 6.42 Å². The molecule has 0 bridgehead atoms. The molecule has 4 nitrogen and oxygen atoms in total. The number of anilines is 1. The second-order valence-electron chi connectivity index (χ2n) is 4.28. The van der Waals surface area contributed by atoms with Gasteiger partial charge < -0.3 is 10.8 Å². The van der Waals surface area contributed by atoms with Crippen molar-refractivity contribution in [3.63, 3.8) is 0 Å². The predicted octanol–water partition coefficient (Wildman–Crippen LogP) is 3.26. The van der Waals surface area contributed by atoms with E-state index in [0.29, 0.717) is 33.5 Å². The van der Waals surface area contributed by atoms with Crippen LogP contribution in [0.5, 0.6) is 0 Å². The van der Waals surface area contributed by atoms with Crippen LogP contribution in [-0.2, 0) is 6.54 Å². The molecule has 2 rings (SSSR count). The lowest BCUT2D eigenvalue weighted by Crippen LogP contribution is -2.12. The first-order valence-corrected chi connectivity index (χ1v) is 6.74. The van der Waals surface area contributed by atoms with Crippen molar-refractivity contribution >= 4 is 28.9 Å². The molecule has 0 amide bonds. The highest BCUT2D eigenvalue weighted by Crippen LogP contribution is 2.32. The van der Waals surface area contributed by atoms with Crippen molar-refractivity contribution in [2.45, 2.75) is 26.0 Å². The smallest absolute Gasteiger partial charge is 0.124 e. The van der Waals surface area contributed by atoms with Crippen molar-refractivity contribution in [1.29, 1.82) is 0 Å². The van der Waals surface area contributed by atoms with E-state index >= 15 is 0 Å². The lowest BCUT2D eigenvalue weighted by molar-refractivity contribution is 0.208. The number of hydrogen-bond acceptors (Lipinski definition) is 3. The SMILES string of the molecule is CCCn1ncc(Cl)c1C(O)c1ccc(Cl)cc1N. The molecule has 19 heavy (non-hydrogen) atoms. The first-order valence-electron chi connectivity index (χ1n) is 5.98. The van der Waals surface area contributed by atoms with Gasteiger partial charge >= 0.3 is 0 Å². The van der Waals surface area contributed by atoms with Gasteiger partial charge in [0.1, 0.15) is 6.10 Å². The van der Waals surface area contributed by atoms with Crippen molar-refractivity contribution < 1.29 is 5.11 Å². The minimum Gasteiger partial charge on any atom is -0.398 e. The zero-order chi connectivity index (χ0) is 14.0. The zero-order valence-corrected chi connectivity index (χ0v) is 12.0. The molecule has 1 unspecified atom stereocenters. The van der Waals surface area contributed by atoms with Gasteiger partial charge in [0.05, 0.1) is 16.9 Å². The summed E-state index contributed by atoms with van der Waals surface area (Å²) in [4.78, 5) is 0. The first kappa shape index (κ1) is 14.2. The molecule has 0 spiro atoms. The van der Waals surface area contributed by atoms with Crippen LogP contribution in [-0.4, -0.2) is 14.9 Å². The van der Waals surface area contributed by atoms with E-state index in [1.807, 2.05) is 6.92 Å². The number of aliphatic hydroxyl groups is 1. The Balaban J connectivity index is 2.43. The van der Waals surface area contributed by atoms with Crippen LogP contribution in [0, 0.1) is 0 Å². The summed E-state index contributed by atoms with van der Waals surface area (Å²) >= 11 is 12.0. The second-order valence-corrected chi connectivity index (χ2v) is 5.12. The van der Waals surface area contributed by atoms with Gasteiger partial charge in [-0.2, -0.15) is 5.10 Å². The van der Waals surface area contributed by atoms with Crippen LogP contribution in [0.25, 0.3) is 0 Å². The monoisotopic (exact) mass is 299 g/mol. The van der Waals surface area contributed by atoms with Crippen LogP contribution in [0.1, 0.15) is 30.7 Å². The van der Waals surface area contributed by atoms with Gasteiger partial charge in [-0.25, -0.2) is 0 Å². The molecular formula is C13H15Cl2N3O. The average molecular weight is 300 g/mol. The Bertz CT molecular complexity index is 583. The third kappa shape index (κ3) is 2.86. The van der Waals surface area contributed by atoms with E-state index in [2.05, 4.69) is 5.10 Å². The van der Waals surface area contributed by atoms with Gasteiger partial charge in [-0.15, -0.1) is 0 Å². The Labute approximate surface area is 121 Å².